The van der Waals surface area contributed by atoms with E-state index in [1.54, 1.807) is 6.07 Å². The summed E-state index contributed by atoms with van der Waals surface area (Å²) in [6, 6.07) is 15.0. The van der Waals surface area contributed by atoms with Gasteiger partial charge in [0.1, 0.15) is 30.5 Å². The number of carbonyl (C=O) groups is 2. The maximum absolute atomic E-state index is 13.0. The molecule has 1 saturated carbocycles. The lowest BCUT2D eigenvalue weighted by atomic mass is 9.80. The van der Waals surface area contributed by atoms with E-state index in [-0.39, 0.29) is 42.2 Å². The van der Waals surface area contributed by atoms with Gasteiger partial charge in [0.25, 0.3) is 0 Å². The molecule has 2 aromatic rings. The summed E-state index contributed by atoms with van der Waals surface area (Å²) in [5.41, 5.74) is 1.82. The molecular formula is C27H31NO6. The Hall–Kier alpha value is -3.32. The first-order valence-corrected chi connectivity index (χ1v) is 11.9. The number of para-hydroxylation sites is 2. The van der Waals surface area contributed by atoms with Crippen LogP contribution in [0.5, 0.6) is 11.5 Å². The molecule has 1 heterocycles. The maximum Gasteiger partial charge on any atom is 0.250 e. The van der Waals surface area contributed by atoms with Gasteiger partial charge < -0.3 is 24.3 Å². The smallest absolute Gasteiger partial charge is 0.250 e. The van der Waals surface area contributed by atoms with Crippen LogP contribution in [0.1, 0.15) is 38.7 Å². The Morgan fingerprint density at radius 2 is 1.88 bits per heavy atom. The van der Waals surface area contributed by atoms with Crippen molar-refractivity contribution in [1.29, 1.82) is 0 Å². The van der Waals surface area contributed by atoms with Gasteiger partial charge in [-0.05, 0) is 56.0 Å². The minimum atomic E-state index is -0.275. The Morgan fingerprint density at radius 3 is 2.65 bits per heavy atom. The van der Waals surface area contributed by atoms with Crippen LogP contribution in [-0.4, -0.2) is 37.1 Å². The van der Waals surface area contributed by atoms with Crippen LogP contribution < -0.4 is 14.8 Å². The second kappa shape index (κ2) is 11.2. The van der Waals surface area contributed by atoms with Crippen LogP contribution in [-0.2, 0) is 25.5 Å². The molecule has 2 aromatic carbocycles. The van der Waals surface area contributed by atoms with Gasteiger partial charge in [0.2, 0.25) is 17.4 Å². The third kappa shape index (κ3) is 5.78. The van der Waals surface area contributed by atoms with Crippen molar-refractivity contribution < 1.29 is 28.5 Å². The Balaban J connectivity index is 1.28. The number of rotatable bonds is 9. The van der Waals surface area contributed by atoms with E-state index in [9.17, 15) is 9.59 Å². The fourth-order valence-corrected chi connectivity index (χ4v) is 4.31. The quantitative estimate of drug-likeness (QED) is 0.580. The highest BCUT2D eigenvalue weighted by Crippen LogP contribution is 2.35. The molecular weight excluding hydrogens is 434 g/mol. The summed E-state index contributed by atoms with van der Waals surface area (Å²) in [5, 5.41) is 2.83. The number of carbonyl (C=O) groups excluding carboxylic acids is 2. The molecule has 7 heteroatoms. The number of nitrogens with one attached hydrogen (secondary N) is 1. The molecule has 0 aromatic heterocycles. The zero-order valence-electron chi connectivity index (χ0n) is 19.6. The number of ketones is 1. The van der Waals surface area contributed by atoms with E-state index in [0.717, 1.165) is 6.42 Å². The molecule has 1 aliphatic heterocycles. The number of ether oxygens (including phenoxy) is 4. The first kappa shape index (κ1) is 23.8. The SMILES string of the molecule is CCOc1ccccc1NC(=O)COC1CCC2C(=O)C(Oc3ccc(CC)cc3)=COC2C1. The molecule has 0 saturated heterocycles. The molecule has 3 unspecified atom stereocenters. The second-order valence-corrected chi connectivity index (χ2v) is 8.45. The second-order valence-electron chi connectivity index (χ2n) is 8.45. The molecule has 180 valence electrons. The van der Waals surface area contributed by atoms with E-state index in [0.29, 0.717) is 43.1 Å². The van der Waals surface area contributed by atoms with Crippen molar-refractivity contribution in [3.63, 3.8) is 0 Å². The highest BCUT2D eigenvalue weighted by molar-refractivity contribution is 5.96. The van der Waals surface area contributed by atoms with Crippen LogP contribution in [0.3, 0.4) is 0 Å². The lowest BCUT2D eigenvalue weighted by Crippen LogP contribution is -2.43. The molecule has 0 bridgehead atoms. The Labute approximate surface area is 200 Å². The molecule has 34 heavy (non-hydrogen) atoms. The van der Waals surface area contributed by atoms with Gasteiger partial charge in [0.05, 0.1) is 24.3 Å². The van der Waals surface area contributed by atoms with Crippen molar-refractivity contribution in [3.8, 4) is 11.5 Å². The van der Waals surface area contributed by atoms with E-state index in [2.05, 4.69) is 12.2 Å². The number of amides is 1. The fourth-order valence-electron chi connectivity index (χ4n) is 4.31. The van der Waals surface area contributed by atoms with Crippen LogP contribution in [0.25, 0.3) is 0 Å². The van der Waals surface area contributed by atoms with Crippen LogP contribution in [0, 0.1) is 5.92 Å². The number of anilines is 1. The van der Waals surface area contributed by atoms with Gasteiger partial charge in [-0.3, -0.25) is 9.59 Å². The first-order valence-electron chi connectivity index (χ1n) is 11.9. The average molecular weight is 466 g/mol. The zero-order chi connectivity index (χ0) is 23.9. The minimum Gasteiger partial charge on any atom is -0.493 e. The molecule has 2 aliphatic rings. The fraction of sp³-hybridized carbons (Fsp3) is 0.407. The third-order valence-electron chi connectivity index (χ3n) is 6.14. The van der Waals surface area contributed by atoms with Crippen LogP contribution >= 0.6 is 0 Å². The van der Waals surface area contributed by atoms with Gasteiger partial charge in [-0.25, -0.2) is 0 Å². The number of fused-ring (bicyclic) bond motifs is 1. The van der Waals surface area contributed by atoms with E-state index in [4.69, 9.17) is 18.9 Å². The summed E-state index contributed by atoms with van der Waals surface area (Å²) in [7, 11) is 0. The van der Waals surface area contributed by atoms with E-state index in [1.807, 2.05) is 49.4 Å². The molecule has 1 amide bonds. The number of allylic oxidation sites excluding steroid dienone is 1. The van der Waals surface area contributed by atoms with Crippen molar-refractivity contribution in [2.75, 3.05) is 18.5 Å². The van der Waals surface area contributed by atoms with Gasteiger partial charge in [-0.1, -0.05) is 31.2 Å². The van der Waals surface area contributed by atoms with E-state index >= 15 is 0 Å². The van der Waals surface area contributed by atoms with E-state index in [1.165, 1.54) is 11.8 Å². The Bertz CT molecular complexity index is 1030. The number of hydrogen-bond donors (Lipinski definition) is 1. The van der Waals surface area contributed by atoms with Crippen molar-refractivity contribution >= 4 is 17.4 Å². The lowest BCUT2D eigenvalue weighted by molar-refractivity contribution is -0.136. The number of aryl methyl sites for hydroxylation is 1. The largest absolute Gasteiger partial charge is 0.493 e. The summed E-state index contributed by atoms with van der Waals surface area (Å²) in [6.07, 6.45) is 3.78. The highest BCUT2D eigenvalue weighted by atomic mass is 16.5. The van der Waals surface area contributed by atoms with E-state index < -0.39 is 0 Å². The van der Waals surface area contributed by atoms with Crippen molar-refractivity contribution in [2.45, 2.75) is 51.7 Å². The van der Waals surface area contributed by atoms with Crippen LogP contribution in [0.4, 0.5) is 5.69 Å². The highest BCUT2D eigenvalue weighted by Gasteiger charge is 2.41. The molecule has 4 rings (SSSR count). The standard InChI is InChI=1S/C27H31NO6/c1-3-18-9-11-19(12-10-18)34-25-16-33-24-15-20(13-14-21(24)27(25)30)32-17-26(29)28-22-7-5-6-8-23(22)31-4-2/h5-12,16,20-21,24H,3-4,13-15,17H2,1-2H3,(H,28,29). The van der Waals surface area contributed by atoms with Gasteiger partial charge in [0.15, 0.2) is 0 Å². The summed E-state index contributed by atoms with van der Waals surface area (Å²) in [6.45, 7) is 4.42. The lowest BCUT2D eigenvalue weighted by Gasteiger charge is -2.37. The Morgan fingerprint density at radius 1 is 1.09 bits per heavy atom. The average Bonchev–Trinajstić information content (AvgIpc) is 2.86. The minimum absolute atomic E-state index is 0.0421. The van der Waals surface area contributed by atoms with Gasteiger partial charge in [-0.15, -0.1) is 0 Å². The monoisotopic (exact) mass is 465 g/mol. The van der Waals surface area contributed by atoms with Crippen LogP contribution in [0.15, 0.2) is 60.6 Å². The van der Waals surface area contributed by atoms with Crippen molar-refractivity contribution in [2.24, 2.45) is 5.92 Å². The van der Waals surface area contributed by atoms with Gasteiger partial charge >= 0.3 is 0 Å². The summed E-state index contributed by atoms with van der Waals surface area (Å²) in [4.78, 5) is 25.4. The van der Waals surface area contributed by atoms with Crippen LogP contribution in [0.2, 0.25) is 0 Å². The summed E-state index contributed by atoms with van der Waals surface area (Å²) >= 11 is 0. The number of hydrogen-bond acceptors (Lipinski definition) is 6. The van der Waals surface area contributed by atoms with Gasteiger partial charge in [0, 0.05) is 6.42 Å². The molecule has 1 fully saturated rings. The molecule has 1 aliphatic carbocycles. The Kier molecular flexibility index (Phi) is 7.85. The summed E-state index contributed by atoms with van der Waals surface area (Å²) in [5.74, 6) is 0.921. The first-order chi connectivity index (χ1) is 16.6. The molecule has 3 atom stereocenters. The molecule has 0 radical (unpaired) electrons. The third-order valence-corrected chi connectivity index (χ3v) is 6.14. The normalized spacial score (nSPS) is 21.6. The predicted molar refractivity (Wildman–Crippen MR) is 128 cm³/mol. The number of benzene rings is 2. The topological polar surface area (TPSA) is 83.1 Å². The number of Topliss-reactive ketones (excluding diaryl/α,β-unsaturated/α-hetero) is 1. The predicted octanol–water partition coefficient (Wildman–Crippen LogP) is 4.66. The molecule has 1 N–H and O–H groups in total. The summed E-state index contributed by atoms with van der Waals surface area (Å²) < 4.78 is 23.0. The molecule has 0 spiro atoms. The molecule has 7 nitrogen and oxygen atoms in total. The van der Waals surface area contributed by atoms with Gasteiger partial charge in [-0.2, -0.15) is 0 Å². The maximum atomic E-state index is 13.0. The van der Waals surface area contributed by atoms with Crippen molar-refractivity contribution in [3.05, 3.63) is 66.1 Å². The zero-order valence-corrected chi connectivity index (χ0v) is 19.6. The van der Waals surface area contributed by atoms with Crippen molar-refractivity contribution in [1.82, 2.24) is 0 Å².